The summed E-state index contributed by atoms with van der Waals surface area (Å²) in [6.45, 7) is 17.9. The van der Waals surface area contributed by atoms with Gasteiger partial charge in [-0.2, -0.15) is 0 Å². The molecule has 1 N–H and O–H groups in total. The molecule has 0 saturated heterocycles. The van der Waals surface area contributed by atoms with Crippen molar-refractivity contribution in [2.75, 3.05) is 13.1 Å². The zero-order valence-corrected chi connectivity index (χ0v) is 15.0. The Morgan fingerprint density at radius 1 is 0.810 bits per heavy atom. The summed E-state index contributed by atoms with van der Waals surface area (Å²) in [5.41, 5.74) is 2.79. The average molecular weight is 290 g/mol. The van der Waals surface area contributed by atoms with Gasteiger partial charge in [0, 0.05) is 31.2 Å². The zero-order valence-electron chi connectivity index (χ0n) is 15.0. The Hall–Kier alpha value is -0.860. The summed E-state index contributed by atoms with van der Waals surface area (Å²) in [5, 5.41) is 3.65. The van der Waals surface area contributed by atoms with Gasteiger partial charge in [-0.25, -0.2) is 0 Å². The van der Waals surface area contributed by atoms with E-state index in [0.29, 0.717) is 24.0 Å². The van der Waals surface area contributed by atoms with E-state index in [1.807, 2.05) is 0 Å². The van der Waals surface area contributed by atoms with Gasteiger partial charge in [-0.3, -0.25) is 4.90 Å². The summed E-state index contributed by atoms with van der Waals surface area (Å²) in [6, 6.07) is 10.7. The van der Waals surface area contributed by atoms with Crippen LogP contribution in [-0.4, -0.2) is 30.1 Å². The summed E-state index contributed by atoms with van der Waals surface area (Å²) in [4.78, 5) is 2.53. The summed E-state index contributed by atoms with van der Waals surface area (Å²) < 4.78 is 0. The van der Waals surface area contributed by atoms with E-state index in [4.69, 9.17) is 0 Å². The fourth-order valence-electron chi connectivity index (χ4n) is 2.81. The van der Waals surface area contributed by atoms with Crippen molar-refractivity contribution in [1.29, 1.82) is 0 Å². The molecule has 2 nitrogen and oxygen atoms in total. The van der Waals surface area contributed by atoms with Crippen LogP contribution in [0.2, 0.25) is 0 Å². The lowest BCUT2D eigenvalue weighted by atomic mass is 9.99. The van der Waals surface area contributed by atoms with Crippen LogP contribution in [0.4, 0.5) is 0 Å². The van der Waals surface area contributed by atoms with E-state index in [-0.39, 0.29) is 0 Å². The average Bonchev–Trinajstić information content (AvgIpc) is 2.42. The first-order valence-electron chi connectivity index (χ1n) is 8.42. The number of hydrogen-bond donors (Lipinski definition) is 1. The second-order valence-electron chi connectivity index (χ2n) is 6.92. The van der Waals surface area contributed by atoms with Crippen molar-refractivity contribution in [2.24, 2.45) is 0 Å². The molecule has 1 aromatic rings. The standard InChI is InChI=1S/C19H34N2/c1-14(2)18-8-10-19(11-9-18)17(7)20-12-13-21(15(3)4)16(5)6/h8-11,14-17,20H,12-13H2,1-7H3. The van der Waals surface area contributed by atoms with Gasteiger partial charge >= 0.3 is 0 Å². The lowest BCUT2D eigenvalue weighted by Gasteiger charge is -2.31. The molecule has 0 fully saturated rings. The van der Waals surface area contributed by atoms with E-state index < -0.39 is 0 Å². The molecule has 1 aromatic carbocycles. The van der Waals surface area contributed by atoms with E-state index >= 15 is 0 Å². The Morgan fingerprint density at radius 3 is 1.71 bits per heavy atom. The first-order chi connectivity index (χ1) is 9.82. The monoisotopic (exact) mass is 290 g/mol. The minimum Gasteiger partial charge on any atom is -0.309 e. The molecule has 1 atom stereocenters. The van der Waals surface area contributed by atoms with Crippen LogP contribution in [0.15, 0.2) is 24.3 Å². The Labute approximate surface area is 131 Å². The van der Waals surface area contributed by atoms with Gasteiger partial charge in [-0.05, 0) is 51.7 Å². The fraction of sp³-hybridized carbons (Fsp3) is 0.684. The minimum atomic E-state index is 0.410. The molecule has 2 heteroatoms. The fourth-order valence-corrected chi connectivity index (χ4v) is 2.81. The van der Waals surface area contributed by atoms with Crippen LogP contribution in [0.1, 0.15) is 71.6 Å². The molecule has 0 bridgehead atoms. The predicted octanol–water partition coefficient (Wildman–Crippen LogP) is 4.58. The van der Waals surface area contributed by atoms with Gasteiger partial charge in [-0.1, -0.05) is 38.1 Å². The molecule has 0 aliphatic carbocycles. The third kappa shape index (κ3) is 5.80. The molecule has 1 unspecified atom stereocenters. The van der Waals surface area contributed by atoms with Gasteiger partial charge in [0.25, 0.3) is 0 Å². The molecular weight excluding hydrogens is 256 g/mol. The Morgan fingerprint density at radius 2 is 1.29 bits per heavy atom. The van der Waals surface area contributed by atoms with Crippen molar-refractivity contribution in [1.82, 2.24) is 10.2 Å². The maximum absolute atomic E-state index is 3.65. The molecule has 0 aliphatic rings. The van der Waals surface area contributed by atoms with Crippen molar-refractivity contribution >= 4 is 0 Å². The third-order valence-corrected chi connectivity index (χ3v) is 4.25. The Bertz CT molecular complexity index is 385. The van der Waals surface area contributed by atoms with Crippen molar-refractivity contribution < 1.29 is 0 Å². The highest BCUT2D eigenvalue weighted by atomic mass is 15.2. The van der Waals surface area contributed by atoms with E-state index in [1.54, 1.807) is 0 Å². The number of benzene rings is 1. The smallest absolute Gasteiger partial charge is 0.0292 e. The first kappa shape index (κ1) is 18.2. The van der Waals surface area contributed by atoms with Crippen LogP contribution < -0.4 is 5.32 Å². The number of rotatable bonds is 8. The summed E-state index contributed by atoms with van der Waals surface area (Å²) in [6.07, 6.45) is 0. The number of hydrogen-bond acceptors (Lipinski definition) is 2. The largest absolute Gasteiger partial charge is 0.309 e. The molecule has 120 valence electrons. The molecule has 0 aliphatic heterocycles. The minimum absolute atomic E-state index is 0.410. The van der Waals surface area contributed by atoms with E-state index in [2.05, 4.69) is 82.9 Å². The van der Waals surface area contributed by atoms with Gasteiger partial charge in [0.2, 0.25) is 0 Å². The lowest BCUT2D eigenvalue weighted by Crippen LogP contribution is -2.41. The van der Waals surface area contributed by atoms with Crippen molar-refractivity contribution in [3.8, 4) is 0 Å². The van der Waals surface area contributed by atoms with Crippen molar-refractivity contribution in [3.05, 3.63) is 35.4 Å². The molecule has 0 heterocycles. The molecule has 0 aromatic heterocycles. The second-order valence-corrected chi connectivity index (χ2v) is 6.92. The highest BCUT2D eigenvalue weighted by Crippen LogP contribution is 2.18. The van der Waals surface area contributed by atoms with Crippen LogP contribution in [0.25, 0.3) is 0 Å². The molecule has 1 rings (SSSR count). The molecule has 0 spiro atoms. The maximum atomic E-state index is 3.65. The van der Waals surface area contributed by atoms with Gasteiger partial charge in [0.05, 0.1) is 0 Å². The van der Waals surface area contributed by atoms with Gasteiger partial charge in [0.15, 0.2) is 0 Å². The van der Waals surface area contributed by atoms with Gasteiger partial charge in [-0.15, -0.1) is 0 Å². The number of nitrogens with zero attached hydrogens (tertiary/aromatic N) is 1. The zero-order chi connectivity index (χ0) is 16.0. The topological polar surface area (TPSA) is 15.3 Å². The van der Waals surface area contributed by atoms with Crippen LogP contribution in [0, 0.1) is 0 Å². The Balaban J connectivity index is 2.48. The SMILES string of the molecule is CC(C)c1ccc(C(C)NCCN(C(C)C)C(C)C)cc1. The van der Waals surface area contributed by atoms with E-state index in [1.165, 1.54) is 11.1 Å². The van der Waals surface area contributed by atoms with Crippen molar-refractivity contribution in [3.63, 3.8) is 0 Å². The Kier molecular flexibility index (Phi) is 7.41. The van der Waals surface area contributed by atoms with Crippen LogP contribution in [0.3, 0.4) is 0 Å². The number of nitrogens with one attached hydrogen (secondary N) is 1. The second kappa shape index (κ2) is 8.55. The van der Waals surface area contributed by atoms with Gasteiger partial charge in [0.1, 0.15) is 0 Å². The van der Waals surface area contributed by atoms with Crippen LogP contribution in [0.5, 0.6) is 0 Å². The lowest BCUT2D eigenvalue weighted by molar-refractivity contribution is 0.174. The van der Waals surface area contributed by atoms with Crippen LogP contribution in [-0.2, 0) is 0 Å². The maximum Gasteiger partial charge on any atom is 0.0292 e. The summed E-state index contributed by atoms with van der Waals surface area (Å²) in [7, 11) is 0. The molecule has 0 amide bonds. The van der Waals surface area contributed by atoms with E-state index in [9.17, 15) is 0 Å². The highest BCUT2D eigenvalue weighted by molar-refractivity contribution is 5.26. The van der Waals surface area contributed by atoms with Crippen LogP contribution >= 0.6 is 0 Å². The molecule has 0 radical (unpaired) electrons. The normalized spacial score (nSPS) is 13.7. The molecular formula is C19H34N2. The molecule has 0 saturated carbocycles. The summed E-state index contributed by atoms with van der Waals surface area (Å²) >= 11 is 0. The summed E-state index contributed by atoms with van der Waals surface area (Å²) in [5.74, 6) is 0.605. The van der Waals surface area contributed by atoms with E-state index in [0.717, 1.165) is 13.1 Å². The van der Waals surface area contributed by atoms with Crippen molar-refractivity contribution in [2.45, 2.75) is 72.5 Å². The first-order valence-corrected chi connectivity index (χ1v) is 8.42. The van der Waals surface area contributed by atoms with Gasteiger partial charge < -0.3 is 5.32 Å². The highest BCUT2D eigenvalue weighted by Gasteiger charge is 2.13. The predicted molar refractivity (Wildman–Crippen MR) is 93.9 cm³/mol. The quantitative estimate of drug-likeness (QED) is 0.754. The third-order valence-electron chi connectivity index (χ3n) is 4.25. The molecule has 21 heavy (non-hydrogen) atoms.